The Bertz CT molecular complexity index is 525. The molecule has 0 bridgehead atoms. The van der Waals surface area contributed by atoms with Crippen molar-refractivity contribution in [1.29, 1.82) is 0 Å². The molecule has 2 fully saturated rings. The summed E-state index contributed by atoms with van der Waals surface area (Å²) in [5.74, 6) is 1.53. The first-order chi connectivity index (χ1) is 12.0. The van der Waals surface area contributed by atoms with E-state index in [4.69, 9.17) is 0 Å². The van der Waals surface area contributed by atoms with Gasteiger partial charge < -0.3 is 0 Å². The molecule has 1 aromatic carbocycles. The molecule has 1 aromatic rings. The van der Waals surface area contributed by atoms with E-state index in [0.29, 0.717) is 5.92 Å². The van der Waals surface area contributed by atoms with Gasteiger partial charge in [0.1, 0.15) is 0 Å². The van der Waals surface area contributed by atoms with Crippen LogP contribution in [0.25, 0.3) is 0 Å². The topological polar surface area (TPSA) is 0 Å². The molecule has 0 aromatic heterocycles. The summed E-state index contributed by atoms with van der Waals surface area (Å²) >= 11 is 0. The Morgan fingerprint density at radius 3 is 1.88 bits per heavy atom. The van der Waals surface area contributed by atoms with E-state index >= 15 is 0 Å². The first kappa shape index (κ1) is 19.2. The van der Waals surface area contributed by atoms with Crippen molar-refractivity contribution in [3.63, 3.8) is 0 Å². The molecular formula is C20H31F3Si2. The standard InChI is InChI=1S/C20H31F3Si2/c1-2-3-16-8-12-24(13-9-16)25-14-10-18(11-15-25)17-4-6-19(7-5-17)20(21,22)23/h4-7,16,18,24-25H,2-3,8-15H2,1H3. The van der Waals surface area contributed by atoms with Crippen LogP contribution in [0.3, 0.4) is 0 Å². The number of hydrogen-bond acceptors (Lipinski definition) is 0. The molecule has 5 heteroatoms. The molecule has 140 valence electrons. The SMILES string of the molecule is CCCC1CC[SiH]([SiH]2CCC(c3ccc(C(F)(F)F)cc3)CC2)CC1. The van der Waals surface area contributed by atoms with E-state index in [2.05, 4.69) is 6.92 Å². The van der Waals surface area contributed by atoms with E-state index in [9.17, 15) is 13.2 Å². The van der Waals surface area contributed by atoms with Crippen molar-refractivity contribution in [2.45, 2.75) is 81.7 Å². The monoisotopic (exact) mass is 384 g/mol. The van der Waals surface area contributed by atoms with E-state index in [1.165, 1.54) is 62.7 Å². The van der Waals surface area contributed by atoms with Crippen LogP contribution in [0.15, 0.2) is 24.3 Å². The lowest BCUT2D eigenvalue weighted by molar-refractivity contribution is -0.137. The average molecular weight is 385 g/mol. The van der Waals surface area contributed by atoms with Crippen LogP contribution >= 0.6 is 0 Å². The Morgan fingerprint density at radius 1 is 0.880 bits per heavy atom. The largest absolute Gasteiger partial charge is 0.416 e. The molecule has 25 heavy (non-hydrogen) atoms. The highest BCUT2D eigenvalue weighted by Gasteiger charge is 2.33. The van der Waals surface area contributed by atoms with Gasteiger partial charge >= 0.3 is 6.18 Å². The van der Waals surface area contributed by atoms with Gasteiger partial charge in [-0.2, -0.15) is 13.2 Å². The van der Waals surface area contributed by atoms with Crippen LogP contribution in [0.2, 0.25) is 24.2 Å². The second-order valence-corrected chi connectivity index (χ2v) is 19.3. The lowest BCUT2D eigenvalue weighted by Crippen LogP contribution is -2.40. The molecule has 2 aliphatic rings. The lowest BCUT2D eigenvalue weighted by atomic mass is 9.93. The number of alkyl halides is 3. The second-order valence-electron chi connectivity index (χ2n) is 8.30. The van der Waals surface area contributed by atoms with E-state index < -0.39 is 28.4 Å². The van der Waals surface area contributed by atoms with Crippen LogP contribution in [0.1, 0.15) is 62.5 Å². The predicted octanol–water partition coefficient (Wildman–Crippen LogP) is 6.33. The van der Waals surface area contributed by atoms with E-state index in [0.717, 1.165) is 11.5 Å². The molecule has 3 rings (SSSR count). The van der Waals surface area contributed by atoms with Gasteiger partial charge in [0.05, 0.1) is 5.56 Å². The summed E-state index contributed by atoms with van der Waals surface area (Å²) in [5.41, 5.74) is 0.615. The van der Waals surface area contributed by atoms with Crippen molar-refractivity contribution in [2.24, 2.45) is 5.92 Å². The van der Waals surface area contributed by atoms with Gasteiger partial charge in [-0.3, -0.25) is 0 Å². The van der Waals surface area contributed by atoms with Crippen molar-refractivity contribution in [2.75, 3.05) is 0 Å². The van der Waals surface area contributed by atoms with Gasteiger partial charge in [-0.15, -0.1) is 0 Å². The fourth-order valence-electron chi connectivity index (χ4n) is 5.22. The maximum atomic E-state index is 12.7. The molecule has 0 radical (unpaired) electrons. The van der Waals surface area contributed by atoms with Crippen LogP contribution in [0.5, 0.6) is 0 Å². The quantitative estimate of drug-likeness (QED) is 0.532. The second kappa shape index (κ2) is 8.42. The number of halogens is 3. The van der Waals surface area contributed by atoms with Crippen LogP contribution in [-0.4, -0.2) is 16.6 Å². The van der Waals surface area contributed by atoms with Gasteiger partial charge in [-0.1, -0.05) is 68.9 Å². The maximum absolute atomic E-state index is 12.7. The third-order valence-corrected chi connectivity index (χ3v) is 20.4. The Kier molecular flexibility index (Phi) is 6.47. The van der Waals surface area contributed by atoms with Crippen molar-refractivity contribution >= 4 is 16.6 Å². The molecular weight excluding hydrogens is 353 g/mol. The molecule has 0 saturated carbocycles. The highest BCUT2D eigenvalue weighted by atomic mass is 29.2. The molecule has 0 atom stereocenters. The van der Waals surface area contributed by atoms with E-state index in [-0.39, 0.29) is 0 Å². The normalized spacial score (nSPS) is 31.0. The Hall–Kier alpha value is -0.556. The van der Waals surface area contributed by atoms with Gasteiger partial charge in [0.2, 0.25) is 0 Å². The first-order valence-electron chi connectivity index (χ1n) is 10.1. The summed E-state index contributed by atoms with van der Waals surface area (Å²) in [4.78, 5) is 0. The Labute approximate surface area is 153 Å². The van der Waals surface area contributed by atoms with Crippen molar-refractivity contribution in [3.8, 4) is 0 Å². The van der Waals surface area contributed by atoms with Crippen LogP contribution in [0.4, 0.5) is 13.2 Å². The van der Waals surface area contributed by atoms with Gasteiger partial charge in [0.15, 0.2) is 0 Å². The fraction of sp³-hybridized carbons (Fsp3) is 0.700. The van der Waals surface area contributed by atoms with Crippen molar-refractivity contribution in [3.05, 3.63) is 35.4 Å². The van der Waals surface area contributed by atoms with E-state index in [1.807, 2.05) is 0 Å². The van der Waals surface area contributed by atoms with Gasteiger partial charge in [0.25, 0.3) is 0 Å². The number of rotatable bonds is 4. The summed E-state index contributed by atoms with van der Waals surface area (Å²) < 4.78 is 38.1. The van der Waals surface area contributed by atoms with Crippen LogP contribution in [0, 0.1) is 5.92 Å². The number of hydrogen-bond donors (Lipinski definition) is 0. The maximum Gasteiger partial charge on any atom is 0.416 e. The highest BCUT2D eigenvalue weighted by molar-refractivity contribution is 7.22. The number of benzene rings is 1. The van der Waals surface area contributed by atoms with Crippen molar-refractivity contribution < 1.29 is 13.2 Å². The van der Waals surface area contributed by atoms with Gasteiger partial charge in [-0.25, -0.2) is 0 Å². The summed E-state index contributed by atoms with van der Waals surface area (Å²) in [6.45, 7) is 2.31. The van der Waals surface area contributed by atoms with Gasteiger partial charge in [-0.05, 0) is 42.4 Å². The summed E-state index contributed by atoms with van der Waals surface area (Å²) in [7, 11) is -0.928. The molecule has 2 heterocycles. The Balaban J connectivity index is 1.49. The zero-order valence-electron chi connectivity index (χ0n) is 15.3. The molecule has 2 aliphatic heterocycles. The fourth-order valence-corrected chi connectivity index (χ4v) is 19.1. The summed E-state index contributed by atoms with van der Waals surface area (Å²) in [6, 6.07) is 12.1. The molecule has 0 aliphatic carbocycles. The lowest BCUT2D eigenvalue weighted by Gasteiger charge is -2.36. The smallest absolute Gasteiger partial charge is 0.166 e. The molecule has 2 saturated heterocycles. The van der Waals surface area contributed by atoms with Crippen LogP contribution in [-0.2, 0) is 6.18 Å². The average Bonchev–Trinajstić information content (AvgIpc) is 2.62. The van der Waals surface area contributed by atoms with Gasteiger partial charge in [0, 0.05) is 16.6 Å². The van der Waals surface area contributed by atoms with Crippen molar-refractivity contribution in [1.82, 2.24) is 0 Å². The minimum atomic E-state index is -4.22. The van der Waals surface area contributed by atoms with E-state index in [1.54, 1.807) is 24.2 Å². The third-order valence-electron chi connectivity index (χ3n) is 6.74. The zero-order valence-corrected chi connectivity index (χ0v) is 17.6. The minimum Gasteiger partial charge on any atom is -0.166 e. The molecule has 0 amide bonds. The summed E-state index contributed by atoms with van der Waals surface area (Å²) in [6.07, 6.45) is 4.06. The molecule has 0 unspecified atom stereocenters. The third kappa shape index (κ3) is 5.00. The minimum absolute atomic E-state index is 0.433. The summed E-state index contributed by atoms with van der Waals surface area (Å²) in [5, 5.41) is 0. The highest BCUT2D eigenvalue weighted by Crippen LogP contribution is 2.39. The zero-order chi connectivity index (χ0) is 17.9. The van der Waals surface area contributed by atoms with Crippen LogP contribution < -0.4 is 0 Å². The molecule has 0 N–H and O–H groups in total. The molecule has 0 nitrogen and oxygen atoms in total. The molecule has 0 spiro atoms. The Morgan fingerprint density at radius 2 is 1.40 bits per heavy atom. The first-order valence-corrected chi connectivity index (χ1v) is 16.1. The predicted molar refractivity (Wildman–Crippen MR) is 105 cm³/mol.